The average Bonchev–Trinajstić information content (AvgIpc) is 3.34. The van der Waals surface area contributed by atoms with E-state index in [-0.39, 0.29) is 5.56 Å². The summed E-state index contributed by atoms with van der Waals surface area (Å²) in [5, 5.41) is 53.0. The van der Waals surface area contributed by atoms with Gasteiger partial charge in [0.25, 0.3) is 23.4 Å². The number of benzene rings is 3. The fourth-order valence-electron chi connectivity index (χ4n) is 3.44. The molecule has 0 spiro atoms. The summed E-state index contributed by atoms with van der Waals surface area (Å²) >= 11 is 3.25. The monoisotopic (exact) mass is 552 g/mol. The highest BCUT2D eigenvalue weighted by Gasteiger charge is 2.36. The largest absolute Gasteiger partial charge is 0.870 e. The second-order valence-corrected chi connectivity index (χ2v) is 8.16. The van der Waals surface area contributed by atoms with Crippen molar-refractivity contribution in [2.75, 3.05) is 0 Å². The lowest BCUT2D eigenvalue weighted by Gasteiger charge is -2.16. The fraction of sp³-hybridized carbons (Fsp3) is 0. The van der Waals surface area contributed by atoms with Crippen LogP contribution in [0.5, 0.6) is 0 Å². The number of nitrogens with zero attached hydrogens (tertiary/aromatic N) is 6. The molecule has 0 amide bonds. The Balaban J connectivity index is 2.09. The summed E-state index contributed by atoms with van der Waals surface area (Å²) < 4.78 is 3.12. The molecule has 0 atom stereocenters. The number of rotatable bonds is 7. The summed E-state index contributed by atoms with van der Waals surface area (Å²) in [4.78, 5) is 32.2. The van der Waals surface area contributed by atoms with Crippen molar-refractivity contribution in [3.63, 3.8) is 0 Å². The molecule has 36 heavy (non-hydrogen) atoms. The van der Waals surface area contributed by atoms with Crippen molar-refractivity contribution in [3.8, 4) is 5.69 Å². The molecule has 0 saturated heterocycles. The molecule has 1 aromatic heterocycles. The van der Waals surface area contributed by atoms with Crippen LogP contribution in [0.1, 0.15) is 11.1 Å². The Labute approximate surface area is 209 Å². The summed E-state index contributed by atoms with van der Waals surface area (Å²) in [6, 6.07) is 15.9. The van der Waals surface area contributed by atoms with Gasteiger partial charge in [-0.3, -0.25) is 30.3 Å². The number of para-hydroxylation sites is 1. The van der Waals surface area contributed by atoms with Gasteiger partial charge in [-0.25, -0.2) is 4.57 Å². The molecule has 4 rings (SSSR count). The summed E-state index contributed by atoms with van der Waals surface area (Å²) in [5.74, 6) is -0.828. The van der Waals surface area contributed by atoms with Gasteiger partial charge in [-0.1, -0.05) is 56.7 Å². The Morgan fingerprint density at radius 1 is 0.861 bits per heavy atom. The van der Waals surface area contributed by atoms with E-state index in [1.54, 1.807) is 42.5 Å². The predicted octanol–water partition coefficient (Wildman–Crippen LogP) is 3.38. The molecule has 0 aliphatic carbocycles. The second kappa shape index (κ2) is 9.71. The van der Waals surface area contributed by atoms with Crippen LogP contribution in [0, 0.1) is 30.3 Å². The molecular weight excluding hydrogens is 540 g/mol. The van der Waals surface area contributed by atoms with Gasteiger partial charge in [0.15, 0.2) is 11.3 Å². The van der Waals surface area contributed by atoms with Gasteiger partial charge in [0, 0.05) is 9.57 Å². The van der Waals surface area contributed by atoms with Gasteiger partial charge in [0.2, 0.25) is 6.33 Å². The van der Waals surface area contributed by atoms with E-state index in [1.807, 2.05) is 0 Å². The normalized spacial score (nSPS) is 11.6. The minimum Gasteiger partial charge on any atom is -0.870 e. The first-order valence-corrected chi connectivity index (χ1v) is 10.8. The average molecular weight is 553 g/mol. The third-order valence-corrected chi connectivity index (χ3v) is 5.59. The van der Waals surface area contributed by atoms with Gasteiger partial charge >= 0.3 is 0 Å². The lowest BCUT2D eigenvalue weighted by Crippen LogP contribution is -2.27. The van der Waals surface area contributed by atoms with Crippen LogP contribution in [0.3, 0.4) is 0 Å². The molecule has 3 aromatic carbocycles. The zero-order valence-corrected chi connectivity index (χ0v) is 19.5. The highest BCUT2D eigenvalue weighted by Crippen LogP contribution is 2.40. The first kappa shape index (κ1) is 24.2. The van der Waals surface area contributed by atoms with E-state index in [1.165, 1.54) is 29.4 Å². The van der Waals surface area contributed by atoms with Crippen molar-refractivity contribution in [1.82, 2.24) is 9.78 Å². The zero-order chi connectivity index (χ0) is 26.0. The van der Waals surface area contributed by atoms with E-state index in [2.05, 4.69) is 21.0 Å². The van der Waals surface area contributed by atoms with E-state index < -0.39 is 48.9 Å². The summed E-state index contributed by atoms with van der Waals surface area (Å²) in [5.41, 5.74) is -3.40. The molecule has 0 aliphatic heterocycles. The molecule has 4 aromatic rings. The van der Waals surface area contributed by atoms with Crippen LogP contribution in [0.2, 0.25) is 0 Å². The van der Waals surface area contributed by atoms with Crippen LogP contribution < -0.4 is 9.67 Å². The van der Waals surface area contributed by atoms with Crippen molar-refractivity contribution in [2.45, 2.75) is 0 Å². The van der Waals surface area contributed by atoms with Crippen LogP contribution in [0.25, 0.3) is 17.1 Å². The van der Waals surface area contributed by atoms with Gasteiger partial charge in [0.1, 0.15) is 5.69 Å². The third kappa shape index (κ3) is 4.65. The molecule has 0 N–H and O–H groups in total. The number of non-ortho nitro benzene ring substituents is 1. The smallest absolute Gasteiger partial charge is 0.294 e. The molecule has 13 nitrogen and oxygen atoms in total. The fourth-order valence-corrected chi connectivity index (χ4v) is 3.71. The topological polar surface area (TPSA) is 174 Å². The maximum absolute atomic E-state index is 13.7. The quantitative estimate of drug-likeness (QED) is 0.110. The number of nitro groups is 3. The number of nitro benzene ring substituents is 3. The maximum Gasteiger partial charge on any atom is 0.294 e. The van der Waals surface area contributed by atoms with Gasteiger partial charge in [-0.2, -0.15) is 0 Å². The molecule has 0 bridgehead atoms. The van der Waals surface area contributed by atoms with Crippen molar-refractivity contribution in [2.24, 2.45) is 0 Å². The first-order valence-electron chi connectivity index (χ1n) is 9.98. The van der Waals surface area contributed by atoms with Gasteiger partial charge in [-0.05, 0) is 29.8 Å². The molecule has 180 valence electrons. The van der Waals surface area contributed by atoms with Gasteiger partial charge in [0.05, 0.1) is 26.9 Å². The van der Waals surface area contributed by atoms with Crippen molar-refractivity contribution in [3.05, 3.63) is 125 Å². The first-order chi connectivity index (χ1) is 17.2. The highest BCUT2D eigenvalue weighted by atomic mass is 79.9. The molecule has 0 unspecified atom stereocenters. The summed E-state index contributed by atoms with van der Waals surface area (Å²) in [6.07, 6.45) is 2.63. The Bertz CT molecular complexity index is 1500. The Morgan fingerprint density at radius 2 is 1.44 bits per heavy atom. The van der Waals surface area contributed by atoms with Crippen molar-refractivity contribution in [1.29, 1.82) is 0 Å². The number of aromatic nitrogens is 3. The Hall–Kier alpha value is -4.98. The van der Waals surface area contributed by atoms with E-state index in [9.17, 15) is 35.4 Å². The van der Waals surface area contributed by atoms with Crippen LogP contribution in [0.15, 0.2) is 83.9 Å². The van der Waals surface area contributed by atoms with Crippen LogP contribution in [-0.2, 0) is 0 Å². The minimum atomic E-state index is -1.01. The Kier molecular flexibility index (Phi) is 6.52. The summed E-state index contributed by atoms with van der Waals surface area (Å²) in [7, 11) is 0. The molecule has 1 heterocycles. The lowest BCUT2D eigenvalue weighted by molar-refractivity contribution is -0.596. The van der Waals surface area contributed by atoms with Crippen LogP contribution in [0.4, 0.5) is 17.1 Å². The molecule has 14 heteroatoms. The van der Waals surface area contributed by atoms with E-state index >= 15 is 0 Å². The minimum absolute atomic E-state index is 0.0527. The van der Waals surface area contributed by atoms with Crippen molar-refractivity contribution < 1.29 is 24.4 Å². The number of hydrogen-bond acceptors (Lipinski definition) is 8. The standard InChI is InChI=1S/C22H13BrN6O7/c23-15-8-6-14(7-9-15)22(30)21(26-13-25(12-24-26)16-4-2-1-3-5-16)20-18(28(33)34)10-17(27(31)32)11-19(20)29(35)36/h1-13H/b22-21+. The SMILES string of the molecule is O=[N+]([O-])c1cc([N+](=O)[O-])c(/C(=C(\[O-])c2ccc(Br)cc2)n2c[n+](-c3ccccc3)cn2)c([N+](=O)[O-])c1. The molecule has 0 fully saturated rings. The third-order valence-electron chi connectivity index (χ3n) is 5.06. The molecular formula is C22H13BrN6O7. The van der Waals surface area contributed by atoms with Gasteiger partial charge < -0.3 is 5.11 Å². The van der Waals surface area contributed by atoms with E-state index in [4.69, 9.17) is 0 Å². The van der Waals surface area contributed by atoms with Gasteiger partial charge in [-0.15, -0.1) is 0 Å². The van der Waals surface area contributed by atoms with E-state index in [0.717, 1.165) is 4.68 Å². The molecule has 0 radical (unpaired) electrons. The van der Waals surface area contributed by atoms with Crippen LogP contribution in [-0.4, -0.2) is 24.6 Å². The van der Waals surface area contributed by atoms with Crippen molar-refractivity contribution >= 4 is 44.4 Å². The molecule has 0 aliphatic rings. The Morgan fingerprint density at radius 3 is 1.97 bits per heavy atom. The number of halogens is 1. The number of hydrogen-bond donors (Lipinski definition) is 0. The predicted molar refractivity (Wildman–Crippen MR) is 127 cm³/mol. The molecule has 0 saturated carbocycles. The highest BCUT2D eigenvalue weighted by molar-refractivity contribution is 9.10. The lowest BCUT2D eigenvalue weighted by atomic mass is 10.0. The summed E-state index contributed by atoms with van der Waals surface area (Å²) in [6.45, 7) is 0. The van der Waals surface area contributed by atoms with Crippen LogP contribution >= 0.6 is 15.9 Å². The van der Waals surface area contributed by atoms with E-state index in [0.29, 0.717) is 22.3 Å². The second-order valence-electron chi connectivity index (χ2n) is 7.25. The zero-order valence-electron chi connectivity index (χ0n) is 17.9. The maximum atomic E-state index is 13.7.